The molecule has 8 heteroatoms. The average Bonchev–Trinajstić information content (AvgIpc) is 2.24. The Hall–Kier alpha value is -2.73. The fourth-order valence-corrected chi connectivity index (χ4v) is 1.55. The summed E-state index contributed by atoms with van der Waals surface area (Å²) in [5, 5.41) is 14.7. The zero-order valence-electron chi connectivity index (χ0n) is 12.0. The molecule has 0 aliphatic heterocycles. The van der Waals surface area contributed by atoms with Gasteiger partial charge in [0.2, 0.25) is 0 Å². The summed E-state index contributed by atoms with van der Waals surface area (Å²) in [6.45, 7) is 5.16. The van der Waals surface area contributed by atoms with Crippen molar-refractivity contribution in [1.29, 1.82) is 0 Å². The number of amides is 1. The molecule has 112 valence electrons. The Balaban J connectivity index is 2.99. The first-order valence-corrected chi connectivity index (χ1v) is 6.10. The third-order valence-electron chi connectivity index (χ3n) is 2.14. The fraction of sp³-hybridized carbons (Fsp3) is 0.385. The van der Waals surface area contributed by atoms with E-state index in [1.54, 1.807) is 20.8 Å². The second-order valence-corrected chi connectivity index (χ2v) is 5.27. The normalized spacial score (nSPS) is 10.4. The van der Waals surface area contributed by atoms with Gasteiger partial charge in [0.25, 0.3) is 0 Å². The number of aliphatic carboxylic acids is 1. The maximum Gasteiger partial charge on any atom is 0.412 e. The molecule has 0 atom stereocenters. The molecule has 0 aliphatic rings. The summed E-state index contributed by atoms with van der Waals surface area (Å²) < 4.78 is 5.09. The number of ether oxygens (including phenoxy) is 1. The maximum atomic E-state index is 11.7. The van der Waals surface area contributed by atoms with Gasteiger partial charge in [-0.2, -0.15) is 0 Å². The number of rotatable bonds is 4. The van der Waals surface area contributed by atoms with Gasteiger partial charge in [0.15, 0.2) is 0 Å². The van der Waals surface area contributed by atoms with Gasteiger partial charge in [-0.05, 0) is 50.1 Å². The Morgan fingerprint density at radius 2 is 2.05 bits per heavy atom. The van der Waals surface area contributed by atoms with Crippen molar-refractivity contribution in [2.45, 2.75) is 32.8 Å². The largest absolute Gasteiger partial charge is 0.481 e. The van der Waals surface area contributed by atoms with Crippen molar-refractivity contribution in [3.8, 4) is 0 Å². The molecule has 0 fully saturated rings. The molecule has 0 aliphatic carbocycles. The van der Waals surface area contributed by atoms with Crippen molar-refractivity contribution in [2.24, 2.45) is 5.11 Å². The Kier molecular flexibility index (Phi) is 5.15. The molecule has 0 unspecified atom stereocenters. The van der Waals surface area contributed by atoms with Crippen molar-refractivity contribution in [2.75, 3.05) is 5.32 Å². The summed E-state index contributed by atoms with van der Waals surface area (Å²) in [6.07, 6.45) is -0.931. The van der Waals surface area contributed by atoms with Gasteiger partial charge in [0.1, 0.15) is 5.60 Å². The van der Waals surface area contributed by atoms with E-state index in [9.17, 15) is 9.59 Å². The van der Waals surface area contributed by atoms with Crippen LogP contribution >= 0.6 is 0 Å². The number of carbonyl (C=O) groups is 2. The van der Waals surface area contributed by atoms with Gasteiger partial charge in [-0.1, -0.05) is 5.11 Å². The van der Waals surface area contributed by atoms with Gasteiger partial charge < -0.3 is 9.84 Å². The quantitative estimate of drug-likeness (QED) is 0.499. The zero-order chi connectivity index (χ0) is 16.0. The number of anilines is 1. The molecule has 0 heterocycles. The summed E-state index contributed by atoms with van der Waals surface area (Å²) in [6, 6.07) is 4.34. The molecule has 2 N–H and O–H groups in total. The molecule has 1 amide bonds. The van der Waals surface area contributed by atoms with Gasteiger partial charge >= 0.3 is 12.1 Å². The smallest absolute Gasteiger partial charge is 0.412 e. The van der Waals surface area contributed by atoms with E-state index in [2.05, 4.69) is 15.3 Å². The Bertz CT molecular complexity index is 601. The lowest BCUT2D eigenvalue weighted by atomic mass is 10.1. The summed E-state index contributed by atoms with van der Waals surface area (Å²) >= 11 is 0. The number of carbonyl (C=O) groups excluding carboxylic acids is 1. The molecule has 1 aromatic rings. The molecule has 0 bridgehead atoms. The minimum atomic E-state index is -1.03. The molecule has 0 spiro atoms. The Labute approximate surface area is 121 Å². The second-order valence-electron chi connectivity index (χ2n) is 5.27. The second kappa shape index (κ2) is 6.62. The predicted molar refractivity (Wildman–Crippen MR) is 76.4 cm³/mol. The van der Waals surface area contributed by atoms with Crippen molar-refractivity contribution in [1.82, 2.24) is 0 Å². The third-order valence-corrected chi connectivity index (χ3v) is 2.14. The topological polar surface area (TPSA) is 124 Å². The van der Waals surface area contributed by atoms with E-state index in [0.717, 1.165) is 0 Å². The minimum Gasteiger partial charge on any atom is -0.481 e. The van der Waals surface area contributed by atoms with Gasteiger partial charge in [0, 0.05) is 16.3 Å². The van der Waals surface area contributed by atoms with Crippen LogP contribution in [0.1, 0.15) is 26.3 Å². The molecular formula is C13H16N4O4. The number of carboxylic acids is 1. The lowest BCUT2D eigenvalue weighted by Gasteiger charge is -2.20. The van der Waals surface area contributed by atoms with E-state index in [0.29, 0.717) is 11.3 Å². The molecular weight excluding hydrogens is 276 g/mol. The molecule has 0 saturated heterocycles. The van der Waals surface area contributed by atoms with E-state index in [1.807, 2.05) is 0 Å². The van der Waals surface area contributed by atoms with Crippen LogP contribution in [0.3, 0.4) is 0 Å². The number of nitrogens with zero attached hydrogens (tertiary/aromatic N) is 3. The molecule has 1 aromatic carbocycles. The summed E-state index contributed by atoms with van der Waals surface area (Å²) in [7, 11) is 0. The predicted octanol–water partition coefficient (Wildman–Crippen LogP) is 3.60. The van der Waals surface area contributed by atoms with E-state index >= 15 is 0 Å². The Morgan fingerprint density at radius 3 is 2.57 bits per heavy atom. The highest BCUT2D eigenvalue weighted by Crippen LogP contribution is 2.23. The van der Waals surface area contributed by atoms with Crippen LogP contribution in [0.4, 0.5) is 16.2 Å². The summed E-state index contributed by atoms with van der Waals surface area (Å²) in [4.78, 5) is 25.1. The van der Waals surface area contributed by atoms with E-state index in [1.165, 1.54) is 18.2 Å². The number of carboxylic acid groups (broad SMARTS) is 1. The minimum absolute atomic E-state index is 0.210. The van der Waals surface area contributed by atoms with Crippen LogP contribution in [0.5, 0.6) is 0 Å². The number of azide groups is 1. The van der Waals surface area contributed by atoms with E-state index < -0.39 is 17.7 Å². The van der Waals surface area contributed by atoms with Crippen LogP contribution in [0.2, 0.25) is 0 Å². The van der Waals surface area contributed by atoms with Crippen LogP contribution in [-0.4, -0.2) is 22.8 Å². The van der Waals surface area contributed by atoms with E-state index in [4.69, 9.17) is 15.4 Å². The molecule has 0 radical (unpaired) electrons. The van der Waals surface area contributed by atoms with Crippen molar-refractivity contribution < 1.29 is 19.4 Å². The standard InChI is InChI=1S/C13H16N4O4/c1-13(2,3)21-12(20)15-9-4-8(6-11(18)19)5-10(7-9)16-17-14/h4-5,7H,6H2,1-3H3,(H,15,20)(H,18,19). The number of hydrogen-bond acceptors (Lipinski definition) is 4. The van der Waals surface area contributed by atoms with Crippen LogP contribution in [0.25, 0.3) is 10.4 Å². The van der Waals surface area contributed by atoms with Gasteiger partial charge in [0.05, 0.1) is 6.42 Å². The van der Waals surface area contributed by atoms with Crippen LogP contribution in [0.15, 0.2) is 23.3 Å². The first-order chi connectivity index (χ1) is 9.69. The first kappa shape index (κ1) is 16.3. The summed E-state index contributed by atoms with van der Waals surface area (Å²) in [5.74, 6) is -1.03. The highest BCUT2D eigenvalue weighted by molar-refractivity contribution is 5.86. The van der Waals surface area contributed by atoms with Crippen LogP contribution < -0.4 is 5.32 Å². The highest BCUT2D eigenvalue weighted by Gasteiger charge is 2.16. The highest BCUT2D eigenvalue weighted by atomic mass is 16.6. The van der Waals surface area contributed by atoms with Gasteiger partial charge in [-0.3, -0.25) is 10.1 Å². The van der Waals surface area contributed by atoms with Gasteiger partial charge in [-0.15, -0.1) is 0 Å². The number of benzene rings is 1. The van der Waals surface area contributed by atoms with E-state index in [-0.39, 0.29) is 12.1 Å². The first-order valence-electron chi connectivity index (χ1n) is 6.10. The monoisotopic (exact) mass is 292 g/mol. The van der Waals surface area contributed by atoms with Crippen LogP contribution in [0, 0.1) is 0 Å². The molecule has 1 rings (SSSR count). The zero-order valence-corrected chi connectivity index (χ0v) is 12.0. The fourth-order valence-electron chi connectivity index (χ4n) is 1.55. The lowest BCUT2D eigenvalue weighted by Crippen LogP contribution is -2.27. The number of hydrogen-bond donors (Lipinski definition) is 2. The SMILES string of the molecule is CC(C)(C)OC(=O)Nc1cc(CC(=O)O)cc(N=[N+]=[N-])c1. The Morgan fingerprint density at radius 1 is 1.38 bits per heavy atom. The maximum absolute atomic E-state index is 11.7. The summed E-state index contributed by atoms with van der Waals surface area (Å²) in [5.41, 5.74) is 8.70. The third kappa shape index (κ3) is 6.31. The van der Waals surface area contributed by atoms with Crippen molar-refractivity contribution in [3.63, 3.8) is 0 Å². The average molecular weight is 292 g/mol. The molecule has 0 aromatic heterocycles. The van der Waals surface area contributed by atoms with Gasteiger partial charge in [-0.25, -0.2) is 4.79 Å². The lowest BCUT2D eigenvalue weighted by molar-refractivity contribution is -0.136. The molecule has 0 saturated carbocycles. The molecule has 8 nitrogen and oxygen atoms in total. The number of nitrogens with one attached hydrogen (secondary N) is 1. The van der Waals surface area contributed by atoms with Crippen molar-refractivity contribution in [3.05, 3.63) is 34.2 Å². The van der Waals surface area contributed by atoms with Crippen molar-refractivity contribution >= 4 is 23.4 Å². The van der Waals surface area contributed by atoms with Crippen LogP contribution in [-0.2, 0) is 16.0 Å². The molecule has 21 heavy (non-hydrogen) atoms.